The number of alkyl halides is 6. The van der Waals surface area contributed by atoms with Crippen LogP contribution in [0.4, 0.5) is 26.3 Å². The predicted octanol–water partition coefficient (Wildman–Crippen LogP) is 5.41. The zero-order chi connectivity index (χ0) is 28.1. The van der Waals surface area contributed by atoms with Gasteiger partial charge in [-0.15, -0.1) is 0 Å². The molecular weight excluding hydrogens is 524 g/mol. The standard InChI is InChI=1S/C28H31F6N3O2/c1-18(19-11-21(27(29,30)31)13-22(12-19)28(32,33)34)39-17-26(20-5-3-2-4-6-20)10-9-25(15-35-23-7-8-23)16-37(26)14-24(38)36-25/h2-6,11-13,18,23,35H,7-10,14-17H2,1H3,(H,36,38)/t18-,25+,26-/m1/s1. The number of nitrogens with one attached hydrogen (secondary N) is 2. The number of fused-ring (bicyclic) bond motifs is 2. The maximum absolute atomic E-state index is 13.4. The number of carbonyl (C=O) groups is 1. The Bertz CT molecular complexity index is 1170. The molecular formula is C28H31F6N3O2. The number of ether oxygens (including phenoxy) is 1. The van der Waals surface area contributed by atoms with Crippen LogP contribution in [0.25, 0.3) is 0 Å². The third-order valence-corrected chi connectivity index (χ3v) is 8.12. The fourth-order valence-electron chi connectivity index (χ4n) is 5.73. The van der Waals surface area contributed by atoms with Gasteiger partial charge < -0.3 is 15.4 Å². The summed E-state index contributed by atoms with van der Waals surface area (Å²) in [6.45, 7) is 2.73. The summed E-state index contributed by atoms with van der Waals surface area (Å²) in [7, 11) is 0. The molecule has 5 rings (SSSR count). The van der Waals surface area contributed by atoms with E-state index in [2.05, 4.69) is 15.5 Å². The van der Waals surface area contributed by atoms with E-state index in [4.69, 9.17) is 4.74 Å². The zero-order valence-corrected chi connectivity index (χ0v) is 21.5. The second kappa shape index (κ2) is 10.1. The van der Waals surface area contributed by atoms with Crippen LogP contribution in [0.5, 0.6) is 0 Å². The molecule has 39 heavy (non-hydrogen) atoms. The first-order valence-corrected chi connectivity index (χ1v) is 13.1. The van der Waals surface area contributed by atoms with E-state index in [-0.39, 0.29) is 30.7 Å². The third kappa shape index (κ3) is 5.95. The summed E-state index contributed by atoms with van der Waals surface area (Å²) >= 11 is 0. The summed E-state index contributed by atoms with van der Waals surface area (Å²) < 4.78 is 86.7. The zero-order valence-electron chi connectivity index (χ0n) is 21.5. The minimum atomic E-state index is -4.94. The van der Waals surface area contributed by atoms with Crippen molar-refractivity contribution in [2.75, 3.05) is 26.2 Å². The fraction of sp³-hybridized carbons (Fsp3) is 0.536. The van der Waals surface area contributed by atoms with Crippen molar-refractivity contribution in [1.82, 2.24) is 15.5 Å². The highest BCUT2D eigenvalue weighted by molar-refractivity contribution is 5.80. The van der Waals surface area contributed by atoms with Gasteiger partial charge in [0.25, 0.3) is 0 Å². The average molecular weight is 556 g/mol. The molecule has 2 heterocycles. The van der Waals surface area contributed by atoms with Gasteiger partial charge in [0.15, 0.2) is 0 Å². The quantitative estimate of drug-likeness (QED) is 0.428. The van der Waals surface area contributed by atoms with Gasteiger partial charge in [-0.2, -0.15) is 26.3 Å². The van der Waals surface area contributed by atoms with Crippen LogP contribution < -0.4 is 10.6 Å². The van der Waals surface area contributed by atoms with Gasteiger partial charge in [-0.1, -0.05) is 30.3 Å². The fourth-order valence-corrected chi connectivity index (χ4v) is 5.73. The lowest BCUT2D eigenvalue weighted by atomic mass is 9.73. The lowest BCUT2D eigenvalue weighted by molar-refractivity contribution is -0.143. The van der Waals surface area contributed by atoms with Crippen LogP contribution in [0.3, 0.4) is 0 Å². The number of piperazine rings is 1. The number of hydrogen-bond acceptors (Lipinski definition) is 4. The molecule has 1 unspecified atom stereocenters. The van der Waals surface area contributed by atoms with Crippen molar-refractivity contribution in [2.45, 2.75) is 68.2 Å². The first-order valence-electron chi connectivity index (χ1n) is 13.1. The first kappa shape index (κ1) is 27.9. The summed E-state index contributed by atoms with van der Waals surface area (Å²) in [5.74, 6) is -0.125. The number of amides is 1. The monoisotopic (exact) mass is 555 g/mol. The molecule has 0 spiro atoms. The lowest BCUT2D eigenvalue weighted by Gasteiger charge is -2.57. The van der Waals surface area contributed by atoms with Crippen molar-refractivity contribution in [2.24, 2.45) is 0 Å². The molecule has 2 aromatic carbocycles. The van der Waals surface area contributed by atoms with Crippen LogP contribution in [0.15, 0.2) is 48.5 Å². The SMILES string of the molecule is C[C@@H](OC[C@@]1(c2ccccc2)CC[C@]2(CNC3CC3)CN1CC(=O)N2)c1cc(C(F)(F)F)cc(C(F)(F)F)c1. The average Bonchev–Trinajstić information content (AvgIpc) is 3.71. The van der Waals surface area contributed by atoms with Crippen molar-refractivity contribution in [3.05, 3.63) is 70.8 Å². The van der Waals surface area contributed by atoms with Crippen molar-refractivity contribution >= 4 is 5.91 Å². The van der Waals surface area contributed by atoms with Crippen molar-refractivity contribution in [3.63, 3.8) is 0 Å². The molecule has 2 aliphatic heterocycles. The van der Waals surface area contributed by atoms with E-state index in [1.54, 1.807) is 0 Å². The van der Waals surface area contributed by atoms with Gasteiger partial charge >= 0.3 is 12.4 Å². The Morgan fingerprint density at radius 3 is 2.26 bits per heavy atom. The van der Waals surface area contributed by atoms with E-state index in [1.165, 1.54) is 6.92 Å². The Balaban J connectivity index is 1.43. The van der Waals surface area contributed by atoms with E-state index in [0.717, 1.165) is 18.4 Å². The first-order chi connectivity index (χ1) is 18.3. The number of carbonyl (C=O) groups excluding carboxylic acids is 1. The highest BCUT2D eigenvalue weighted by Gasteiger charge is 2.53. The summed E-state index contributed by atoms with van der Waals surface area (Å²) in [5, 5.41) is 6.68. The maximum Gasteiger partial charge on any atom is 0.416 e. The number of halogens is 6. The van der Waals surface area contributed by atoms with E-state index in [9.17, 15) is 31.1 Å². The Kier molecular flexibility index (Phi) is 7.22. The molecule has 3 fully saturated rings. The molecule has 1 saturated carbocycles. The van der Waals surface area contributed by atoms with Crippen LogP contribution >= 0.6 is 0 Å². The highest BCUT2D eigenvalue weighted by Crippen LogP contribution is 2.44. The van der Waals surface area contributed by atoms with Gasteiger partial charge in [0.2, 0.25) is 5.91 Å². The van der Waals surface area contributed by atoms with Crippen molar-refractivity contribution < 1.29 is 35.9 Å². The van der Waals surface area contributed by atoms with Gasteiger partial charge in [-0.3, -0.25) is 9.69 Å². The molecule has 2 bridgehead atoms. The van der Waals surface area contributed by atoms with Gasteiger partial charge in [-0.05, 0) is 61.9 Å². The van der Waals surface area contributed by atoms with Crippen LogP contribution in [-0.2, 0) is 27.4 Å². The second-order valence-electron chi connectivity index (χ2n) is 11.0. The summed E-state index contributed by atoms with van der Waals surface area (Å²) in [6.07, 6.45) is -7.49. The number of benzene rings is 2. The number of rotatable bonds is 8. The Morgan fingerprint density at radius 1 is 1.03 bits per heavy atom. The molecule has 212 valence electrons. The molecule has 2 aromatic rings. The van der Waals surface area contributed by atoms with Crippen LogP contribution in [0, 0.1) is 0 Å². The van der Waals surface area contributed by atoms with Gasteiger partial charge in [0.1, 0.15) is 0 Å². The van der Waals surface area contributed by atoms with Crippen LogP contribution in [0.2, 0.25) is 0 Å². The molecule has 1 aliphatic carbocycles. The smallest absolute Gasteiger partial charge is 0.372 e. The Hall–Kier alpha value is -2.63. The largest absolute Gasteiger partial charge is 0.416 e. The number of piperidine rings is 1. The molecule has 1 amide bonds. The van der Waals surface area contributed by atoms with Crippen molar-refractivity contribution in [1.29, 1.82) is 0 Å². The Labute approximate surface area is 222 Å². The minimum Gasteiger partial charge on any atom is -0.372 e. The molecule has 5 nitrogen and oxygen atoms in total. The lowest BCUT2D eigenvalue weighted by Crippen LogP contribution is -2.74. The molecule has 2 N–H and O–H groups in total. The summed E-state index contributed by atoms with van der Waals surface area (Å²) in [4.78, 5) is 14.9. The van der Waals surface area contributed by atoms with Crippen LogP contribution in [0.1, 0.15) is 61.0 Å². The molecule has 3 aliphatic rings. The summed E-state index contributed by atoms with van der Waals surface area (Å²) in [6, 6.07) is 11.4. The van der Waals surface area contributed by atoms with E-state index in [1.807, 2.05) is 30.3 Å². The van der Waals surface area contributed by atoms with Gasteiger partial charge in [-0.25, -0.2) is 0 Å². The maximum atomic E-state index is 13.4. The van der Waals surface area contributed by atoms with Crippen molar-refractivity contribution in [3.8, 4) is 0 Å². The minimum absolute atomic E-state index is 0.00477. The molecule has 11 heteroatoms. The van der Waals surface area contributed by atoms with Gasteiger partial charge in [0.05, 0.1) is 41.5 Å². The Morgan fingerprint density at radius 2 is 1.67 bits per heavy atom. The third-order valence-electron chi connectivity index (χ3n) is 8.12. The van der Waals surface area contributed by atoms with E-state index < -0.39 is 40.7 Å². The van der Waals surface area contributed by atoms with Gasteiger partial charge in [0, 0.05) is 19.1 Å². The summed E-state index contributed by atoms with van der Waals surface area (Å²) in [5.41, 5.74) is -3.31. The predicted molar refractivity (Wildman–Crippen MR) is 132 cm³/mol. The molecule has 2 saturated heterocycles. The second-order valence-corrected chi connectivity index (χ2v) is 11.0. The molecule has 0 radical (unpaired) electrons. The number of nitrogens with zero attached hydrogens (tertiary/aromatic N) is 1. The topological polar surface area (TPSA) is 53.6 Å². The van der Waals surface area contributed by atoms with E-state index >= 15 is 0 Å². The molecule has 0 aromatic heterocycles. The molecule has 4 atom stereocenters. The van der Waals surface area contributed by atoms with E-state index in [0.29, 0.717) is 44.1 Å². The number of hydrogen-bond donors (Lipinski definition) is 2. The normalized spacial score (nSPS) is 28.2. The highest BCUT2D eigenvalue weighted by atomic mass is 19.4. The van der Waals surface area contributed by atoms with Crippen LogP contribution in [-0.4, -0.2) is 48.6 Å².